The molecule has 2 aromatic heterocycles. The van der Waals surface area contributed by atoms with Crippen LogP contribution in [0.3, 0.4) is 0 Å². The van der Waals surface area contributed by atoms with Gasteiger partial charge in [-0.2, -0.15) is 23.4 Å². The van der Waals surface area contributed by atoms with Crippen molar-refractivity contribution >= 4 is 35.2 Å². The number of aliphatic hydroxyl groups is 1. The van der Waals surface area contributed by atoms with Crippen LogP contribution in [0.1, 0.15) is 58.9 Å². The Kier molecular flexibility index (Phi) is 13.8. The van der Waals surface area contributed by atoms with Crippen LogP contribution in [0.4, 0.5) is 33.9 Å². The number of aromatic nitrogens is 4. The Hall–Kier alpha value is -4.01. The van der Waals surface area contributed by atoms with Crippen LogP contribution in [0.2, 0.25) is 5.02 Å². The summed E-state index contributed by atoms with van der Waals surface area (Å²) in [5.41, 5.74) is 3.45. The summed E-state index contributed by atoms with van der Waals surface area (Å²) in [6.45, 7) is 1.47. The van der Waals surface area contributed by atoms with Crippen LogP contribution in [-0.2, 0) is 54.0 Å². The van der Waals surface area contributed by atoms with E-state index in [1.165, 1.54) is 16.8 Å². The van der Waals surface area contributed by atoms with Crippen molar-refractivity contribution in [1.82, 2.24) is 19.6 Å². The highest BCUT2D eigenvalue weighted by molar-refractivity contribution is 6.31. The number of carbonyl (C=O) groups is 2. The molecular weight excluding hydrogens is 748 g/mol. The number of nitrogens with zero attached hydrogens (tertiary/aromatic N) is 4. The molecule has 0 aliphatic heterocycles. The first kappa shape index (κ1) is 41.2. The molecule has 2 aliphatic rings. The average molecular weight is 791 g/mol. The fourth-order valence-corrected chi connectivity index (χ4v) is 7.20. The van der Waals surface area contributed by atoms with Crippen molar-refractivity contribution in [3.05, 3.63) is 57.8 Å². The van der Waals surface area contributed by atoms with Crippen LogP contribution in [0, 0.1) is 17.7 Å². The first-order valence-electron chi connectivity index (χ1n) is 17.2. The highest BCUT2D eigenvalue weighted by Crippen LogP contribution is 2.58. The number of halogens is 5. The molecule has 2 atom stereocenters. The predicted molar refractivity (Wildman–Crippen MR) is 183 cm³/mol. The van der Waals surface area contributed by atoms with Gasteiger partial charge in [0.05, 0.1) is 62.6 Å². The van der Waals surface area contributed by atoms with E-state index in [4.69, 9.17) is 45.8 Å². The van der Waals surface area contributed by atoms with E-state index in [1.54, 1.807) is 14.2 Å². The largest absolute Gasteiger partial charge is 0.510 e. The van der Waals surface area contributed by atoms with Gasteiger partial charge in [-0.3, -0.25) is 9.48 Å². The number of rotatable bonds is 18. The highest BCUT2D eigenvalue weighted by Gasteiger charge is 2.54. The van der Waals surface area contributed by atoms with E-state index in [0.717, 1.165) is 16.9 Å². The molecule has 5 rings (SSSR count). The van der Waals surface area contributed by atoms with E-state index in [0.29, 0.717) is 51.6 Å². The number of nitrogens with one attached hydrogen (secondary N) is 1. The van der Waals surface area contributed by atoms with Crippen molar-refractivity contribution in [2.75, 3.05) is 71.0 Å². The van der Waals surface area contributed by atoms with Gasteiger partial charge in [-0.15, -0.1) is 0 Å². The van der Waals surface area contributed by atoms with Crippen LogP contribution >= 0.6 is 11.6 Å². The topological polar surface area (TPSA) is 183 Å². The summed E-state index contributed by atoms with van der Waals surface area (Å²) in [5, 5.41) is 22.3. The Bertz CT molecular complexity index is 1740. The Balaban J connectivity index is 1.13. The summed E-state index contributed by atoms with van der Waals surface area (Å²) in [7, 11) is 3.16. The lowest BCUT2D eigenvalue weighted by molar-refractivity contribution is -0.144. The Morgan fingerprint density at radius 2 is 1.61 bits per heavy atom. The predicted octanol–water partition coefficient (Wildman–Crippen LogP) is 4.86. The average Bonchev–Trinajstić information content (AvgIpc) is 3.87. The van der Waals surface area contributed by atoms with Gasteiger partial charge in [-0.25, -0.2) is 13.9 Å². The van der Waals surface area contributed by atoms with Gasteiger partial charge in [0.2, 0.25) is 0 Å². The smallest absolute Gasteiger partial charge is 0.432 e. The first-order chi connectivity index (χ1) is 25.7. The highest BCUT2D eigenvalue weighted by atomic mass is 35.5. The monoisotopic (exact) mass is 790 g/mol. The van der Waals surface area contributed by atoms with Crippen LogP contribution in [-0.4, -0.2) is 96.7 Å². The molecule has 2 unspecified atom stereocenters. The SMILES string of the molecule is COCCOCCOCCOCCOC(=O)OCn1cc(C2(O)CC3CC(c4nn(C)c(N)c4C(=O)Nc4ccc(F)c(Cl)c4)CC3C2)c(C(F)(F)F)n1. The number of amides is 1. The molecule has 0 saturated heterocycles. The fourth-order valence-electron chi connectivity index (χ4n) is 7.02. The van der Waals surface area contributed by atoms with E-state index in [2.05, 4.69) is 15.5 Å². The summed E-state index contributed by atoms with van der Waals surface area (Å²) in [4.78, 5) is 25.4. The second-order valence-corrected chi connectivity index (χ2v) is 13.5. The van der Waals surface area contributed by atoms with Gasteiger partial charge < -0.3 is 44.6 Å². The minimum absolute atomic E-state index is 0.00301. The Labute approximate surface area is 312 Å². The van der Waals surface area contributed by atoms with Crippen molar-refractivity contribution in [3.63, 3.8) is 0 Å². The number of alkyl halides is 3. The summed E-state index contributed by atoms with van der Waals surface area (Å²) in [6, 6.07) is 3.73. The molecule has 0 bridgehead atoms. The zero-order valence-electron chi connectivity index (χ0n) is 29.7. The number of nitrogens with two attached hydrogens (primary N) is 1. The van der Waals surface area contributed by atoms with E-state index in [1.807, 2.05) is 0 Å². The maximum Gasteiger partial charge on any atom is 0.510 e. The molecule has 1 aromatic carbocycles. The van der Waals surface area contributed by atoms with Gasteiger partial charge in [0.15, 0.2) is 12.4 Å². The molecule has 4 N–H and O–H groups in total. The summed E-state index contributed by atoms with van der Waals surface area (Å²) in [6.07, 6.45) is -4.16. The number of aryl methyl sites for hydroxylation is 1. The first-order valence-corrected chi connectivity index (χ1v) is 17.6. The summed E-state index contributed by atoms with van der Waals surface area (Å²) in [5.74, 6) is -1.82. The van der Waals surface area contributed by atoms with Crippen LogP contribution in [0.5, 0.6) is 0 Å². The van der Waals surface area contributed by atoms with Crippen molar-refractivity contribution < 1.29 is 60.7 Å². The number of ether oxygens (including phenoxy) is 6. The van der Waals surface area contributed by atoms with Crippen molar-refractivity contribution in [3.8, 4) is 0 Å². The zero-order chi connectivity index (χ0) is 39.0. The minimum atomic E-state index is -4.91. The quantitative estimate of drug-likeness (QED) is 0.0906. The van der Waals surface area contributed by atoms with Crippen LogP contribution < -0.4 is 11.1 Å². The molecule has 2 saturated carbocycles. The maximum absolute atomic E-state index is 14.2. The Morgan fingerprint density at radius 1 is 1.00 bits per heavy atom. The lowest BCUT2D eigenvalue weighted by Gasteiger charge is -2.25. The van der Waals surface area contributed by atoms with Gasteiger partial charge in [0.25, 0.3) is 5.91 Å². The number of nitrogen functional groups attached to an aromatic ring is 1. The molecule has 2 heterocycles. The van der Waals surface area contributed by atoms with Gasteiger partial charge in [-0.1, -0.05) is 11.6 Å². The van der Waals surface area contributed by atoms with Crippen molar-refractivity contribution in [1.29, 1.82) is 0 Å². The molecule has 0 radical (unpaired) electrons. The number of benzene rings is 1. The molecule has 1 amide bonds. The number of fused-ring (bicyclic) bond motifs is 1. The molecule has 2 fully saturated rings. The second-order valence-electron chi connectivity index (χ2n) is 13.1. The van der Waals surface area contributed by atoms with E-state index in [9.17, 15) is 32.3 Å². The second kappa shape index (κ2) is 18.1. The normalized spacial score (nSPS) is 21.0. The molecule has 20 heteroatoms. The third kappa shape index (κ3) is 10.2. The van der Waals surface area contributed by atoms with Gasteiger partial charge in [-0.05, 0) is 55.7 Å². The number of hydrogen-bond donors (Lipinski definition) is 3. The standard InChI is InChI=1S/C34H43ClF4N6O9/c1-44-30(40)27(31(46)41-23-3-4-26(36)25(35)15-23)28(42-44)20-13-21-16-33(48,17-22(21)14-20)24-18-45(43-29(24)34(37,38)39)19-54-32(47)53-12-11-52-10-9-51-8-7-50-6-5-49-2/h3-4,15,18,20-22,48H,5-14,16-17,19,40H2,1-2H3,(H,41,46). The number of hydrogen-bond acceptors (Lipinski definition) is 12. The molecular formula is C34H43ClF4N6O9. The number of methoxy groups -OCH3 is 1. The third-order valence-electron chi connectivity index (χ3n) is 9.42. The van der Waals surface area contributed by atoms with Crippen LogP contribution in [0.25, 0.3) is 0 Å². The van der Waals surface area contributed by atoms with Gasteiger partial charge in [0, 0.05) is 37.5 Å². The lowest BCUT2D eigenvalue weighted by atomic mass is 9.87. The lowest BCUT2D eigenvalue weighted by Crippen LogP contribution is -2.26. The van der Waals surface area contributed by atoms with E-state index >= 15 is 0 Å². The number of anilines is 2. The van der Waals surface area contributed by atoms with E-state index < -0.39 is 47.6 Å². The molecule has 15 nitrogen and oxygen atoms in total. The molecule has 3 aromatic rings. The molecule has 0 spiro atoms. The van der Waals surface area contributed by atoms with Gasteiger partial charge >= 0.3 is 12.3 Å². The molecule has 298 valence electrons. The summed E-state index contributed by atoms with van der Waals surface area (Å²) < 4.78 is 88.9. The summed E-state index contributed by atoms with van der Waals surface area (Å²) >= 11 is 5.86. The third-order valence-corrected chi connectivity index (χ3v) is 9.71. The fraction of sp³-hybridized carbons (Fsp3) is 0.588. The molecule has 54 heavy (non-hydrogen) atoms. The maximum atomic E-state index is 14.2. The van der Waals surface area contributed by atoms with Crippen molar-refractivity contribution in [2.45, 2.75) is 50.1 Å². The van der Waals surface area contributed by atoms with Crippen LogP contribution in [0.15, 0.2) is 24.4 Å². The zero-order valence-corrected chi connectivity index (χ0v) is 30.5. The molecule has 2 aliphatic carbocycles. The van der Waals surface area contributed by atoms with E-state index in [-0.39, 0.29) is 72.5 Å². The van der Waals surface area contributed by atoms with Gasteiger partial charge in [0.1, 0.15) is 23.8 Å². The number of carbonyl (C=O) groups excluding carboxylic acids is 2. The van der Waals surface area contributed by atoms with Crippen molar-refractivity contribution in [2.24, 2.45) is 18.9 Å². The Morgan fingerprint density at radius 3 is 2.20 bits per heavy atom. The minimum Gasteiger partial charge on any atom is -0.432 e.